The monoisotopic (exact) mass is 191 g/mol. The first-order chi connectivity index (χ1) is 6.84. The number of benzene rings is 1. The van der Waals surface area contributed by atoms with Gasteiger partial charge in [0.05, 0.1) is 6.54 Å². The van der Waals surface area contributed by atoms with Crippen LogP contribution in [0.5, 0.6) is 5.75 Å². The van der Waals surface area contributed by atoms with Crippen LogP contribution in [0.1, 0.15) is 0 Å². The highest BCUT2D eigenvalue weighted by Gasteiger charge is 2.04. The third-order valence-electron chi connectivity index (χ3n) is 2.00. The molecule has 0 fully saturated rings. The number of rotatable bonds is 3. The lowest BCUT2D eigenvalue weighted by Crippen LogP contribution is -2.24. The molecule has 1 aromatic rings. The fourth-order valence-corrected chi connectivity index (χ4v) is 1.26. The molecule has 1 aromatic carbocycles. The summed E-state index contributed by atoms with van der Waals surface area (Å²) in [6, 6.07) is 7.34. The lowest BCUT2D eigenvalue weighted by atomic mass is 10.3. The van der Waals surface area contributed by atoms with E-state index in [1.807, 2.05) is 24.3 Å². The van der Waals surface area contributed by atoms with Gasteiger partial charge in [0.25, 0.3) is 0 Å². The molecule has 0 amide bonds. The molecule has 74 valence electrons. The van der Waals surface area contributed by atoms with E-state index >= 15 is 0 Å². The molecule has 1 aliphatic heterocycles. The average Bonchev–Trinajstić information content (AvgIpc) is 2.70. The van der Waals surface area contributed by atoms with Gasteiger partial charge in [0.15, 0.2) is 0 Å². The Morgan fingerprint density at radius 3 is 2.79 bits per heavy atom. The summed E-state index contributed by atoms with van der Waals surface area (Å²) in [6.45, 7) is 2.27. The second-order valence-electron chi connectivity index (χ2n) is 3.11. The molecule has 0 aliphatic carbocycles. The summed E-state index contributed by atoms with van der Waals surface area (Å²) in [5, 5.41) is 3.14. The number of hydrogen-bond acceptors (Lipinski definition) is 4. The van der Waals surface area contributed by atoms with Crippen molar-refractivity contribution in [2.45, 2.75) is 0 Å². The standard InChI is InChI=1S/C10H13N3O/c11-8-1-3-9(4-2-8)14-7-10-12-5-6-13-10/h1-4H,5-7,11H2,(H,12,13). The molecule has 0 atom stereocenters. The Balaban J connectivity index is 1.88. The molecule has 1 heterocycles. The molecular weight excluding hydrogens is 178 g/mol. The van der Waals surface area contributed by atoms with Crippen molar-refractivity contribution in [1.29, 1.82) is 0 Å². The summed E-state index contributed by atoms with van der Waals surface area (Å²) < 4.78 is 5.50. The van der Waals surface area contributed by atoms with Crippen LogP contribution in [0.15, 0.2) is 29.3 Å². The summed E-state index contributed by atoms with van der Waals surface area (Å²) in [5.41, 5.74) is 6.30. The highest BCUT2D eigenvalue weighted by Crippen LogP contribution is 2.12. The van der Waals surface area contributed by atoms with Gasteiger partial charge in [-0.25, -0.2) is 0 Å². The molecule has 4 heteroatoms. The largest absolute Gasteiger partial charge is 0.486 e. The Labute approximate surface area is 82.8 Å². The quantitative estimate of drug-likeness (QED) is 0.690. The minimum Gasteiger partial charge on any atom is -0.486 e. The summed E-state index contributed by atoms with van der Waals surface area (Å²) in [7, 11) is 0. The maximum Gasteiger partial charge on any atom is 0.145 e. The molecule has 2 rings (SSSR count). The average molecular weight is 191 g/mol. The Kier molecular flexibility index (Phi) is 2.53. The Bertz CT molecular complexity index is 332. The zero-order chi connectivity index (χ0) is 9.80. The predicted molar refractivity (Wildman–Crippen MR) is 56.7 cm³/mol. The van der Waals surface area contributed by atoms with E-state index in [1.54, 1.807) is 0 Å². The smallest absolute Gasteiger partial charge is 0.145 e. The molecule has 4 nitrogen and oxygen atoms in total. The number of anilines is 1. The number of hydrogen-bond donors (Lipinski definition) is 2. The molecule has 14 heavy (non-hydrogen) atoms. The number of nitrogens with two attached hydrogens (primary N) is 1. The van der Waals surface area contributed by atoms with E-state index in [2.05, 4.69) is 10.3 Å². The number of nitrogen functional groups attached to an aromatic ring is 1. The van der Waals surface area contributed by atoms with Crippen LogP contribution in [-0.2, 0) is 0 Å². The van der Waals surface area contributed by atoms with Gasteiger partial charge in [-0.15, -0.1) is 0 Å². The molecule has 0 bridgehead atoms. The van der Waals surface area contributed by atoms with Gasteiger partial charge in [-0.3, -0.25) is 4.99 Å². The van der Waals surface area contributed by atoms with Crippen molar-refractivity contribution < 1.29 is 4.74 Å². The zero-order valence-corrected chi connectivity index (χ0v) is 7.86. The van der Waals surface area contributed by atoms with E-state index < -0.39 is 0 Å². The second-order valence-corrected chi connectivity index (χ2v) is 3.11. The van der Waals surface area contributed by atoms with Gasteiger partial charge < -0.3 is 15.8 Å². The Morgan fingerprint density at radius 1 is 1.36 bits per heavy atom. The van der Waals surface area contributed by atoms with Crippen LogP contribution in [0.2, 0.25) is 0 Å². The predicted octanol–water partition coefficient (Wildman–Crippen LogP) is 0.649. The highest BCUT2D eigenvalue weighted by molar-refractivity contribution is 5.84. The van der Waals surface area contributed by atoms with Crippen molar-refractivity contribution in [3.05, 3.63) is 24.3 Å². The van der Waals surface area contributed by atoms with Crippen molar-refractivity contribution in [3.63, 3.8) is 0 Å². The molecule has 0 aromatic heterocycles. The minimum atomic E-state index is 0.504. The van der Waals surface area contributed by atoms with Crippen LogP contribution >= 0.6 is 0 Å². The number of amidine groups is 1. The van der Waals surface area contributed by atoms with Gasteiger partial charge in [-0.2, -0.15) is 0 Å². The molecule has 0 saturated carbocycles. The first kappa shape index (κ1) is 8.87. The zero-order valence-electron chi connectivity index (χ0n) is 7.86. The fraction of sp³-hybridized carbons (Fsp3) is 0.300. The van der Waals surface area contributed by atoms with Gasteiger partial charge >= 0.3 is 0 Å². The third kappa shape index (κ3) is 2.16. The van der Waals surface area contributed by atoms with Gasteiger partial charge in [0.1, 0.15) is 18.2 Å². The van der Waals surface area contributed by atoms with Crippen molar-refractivity contribution in [1.82, 2.24) is 5.32 Å². The maximum atomic E-state index is 5.55. The molecule has 0 unspecified atom stereocenters. The molecule has 0 spiro atoms. The lowest BCUT2D eigenvalue weighted by molar-refractivity contribution is 0.373. The summed E-state index contributed by atoms with van der Waals surface area (Å²) in [5.74, 6) is 1.73. The van der Waals surface area contributed by atoms with E-state index in [0.29, 0.717) is 6.61 Å². The number of ether oxygens (including phenoxy) is 1. The summed E-state index contributed by atoms with van der Waals surface area (Å²) >= 11 is 0. The number of aliphatic imine (C=N–C) groups is 1. The van der Waals surface area contributed by atoms with E-state index in [1.165, 1.54) is 0 Å². The number of nitrogens with one attached hydrogen (secondary N) is 1. The SMILES string of the molecule is Nc1ccc(OCC2=NCCN2)cc1. The van der Waals surface area contributed by atoms with Crippen LogP contribution < -0.4 is 15.8 Å². The van der Waals surface area contributed by atoms with Crippen molar-refractivity contribution in [2.75, 3.05) is 25.4 Å². The van der Waals surface area contributed by atoms with E-state index in [0.717, 1.165) is 30.4 Å². The van der Waals surface area contributed by atoms with Crippen LogP contribution in [-0.4, -0.2) is 25.5 Å². The summed E-state index contributed by atoms with van der Waals surface area (Å²) in [6.07, 6.45) is 0. The van der Waals surface area contributed by atoms with Crippen molar-refractivity contribution in [3.8, 4) is 5.75 Å². The molecule has 0 radical (unpaired) electrons. The molecule has 1 aliphatic rings. The third-order valence-corrected chi connectivity index (χ3v) is 2.00. The number of nitrogens with zero attached hydrogens (tertiary/aromatic N) is 1. The van der Waals surface area contributed by atoms with Crippen LogP contribution in [0, 0.1) is 0 Å². The normalized spacial score (nSPS) is 14.7. The second kappa shape index (κ2) is 4.00. The van der Waals surface area contributed by atoms with Gasteiger partial charge in [0, 0.05) is 12.2 Å². The van der Waals surface area contributed by atoms with E-state index in [4.69, 9.17) is 10.5 Å². The van der Waals surface area contributed by atoms with Crippen molar-refractivity contribution in [2.24, 2.45) is 4.99 Å². The van der Waals surface area contributed by atoms with Crippen LogP contribution in [0.25, 0.3) is 0 Å². The Morgan fingerprint density at radius 2 is 2.14 bits per heavy atom. The molecular formula is C10H13N3O. The first-order valence-electron chi connectivity index (χ1n) is 4.60. The lowest BCUT2D eigenvalue weighted by Gasteiger charge is -2.06. The van der Waals surface area contributed by atoms with Gasteiger partial charge in [-0.1, -0.05) is 0 Å². The first-order valence-corrected chi connectivity index (χ1v) is 4.60. The topological polar surface area (TPSA) is 59.6 Å². The minimum absolute atomic E-state index is 0.504. The van der Waals surface area contributed by atoms with Gasteiger partial charge in [0.2, 0.25) is 0 Å². The molecule has 0 saturated heterocycles. The summed E-state index contributed by atoms with van der Waals surface area (Å²) in [4.78, 5) is 4.22. The van der Waals surface area contributed by atoms with E-state index in [-0.39, 0.29) is 0 Å². The Hall–Kier alpha value is -1.71. The molecule has 3 N–H and O–H groups in total. The maximum absolute atomic E-state index is 5.55. The van der Waals surface area contributed by atoms with E-state index in [9.17, 15) is 0 Å². The van der Waals surface area contributed by atoms with Crippen LogP contribution in [0.4, 0.5) is 5.69 Å². The van der Waals surface area contributed by atoms with Crippen LogP contribution in [0.3, 0.4) is 0 Å². The fourth-order valence-electron chi connectivity index (χ4n) is 1.26. The van der Waals surface area contributed by atoms with Crippen molar-refractivity contribution >= 4 is 11.5 Å². The van der Waals surface area contributed by atoms with Gasteiger partial charge in [-0.05, 0) is 24.3 Å². The highest BCUT2D eigenvalue weighted by atomic mass is 16.5.